The highest BCUT2D eigenvalue weighted by atomic mass is 32.2. The zero-order valence-electron chi connectivity index (χ0n) is 38.2. The highest BCUT2D eigenvalue weighted by Crippen LogP contribution is 2.41. The summed E-state index contributed by atoms with van der Waals surface area (Å²) in [7, 11) is -0.464. The minimum Gasteiger partial charge on any atom is -0.475 e. The van der Waals surface area contributed by atoms with Crippen LogP contribution in [0.1, 0.15) is 63.5 Å². The van der Waals surface area contributed by atoms with Gasteiger partial charge in [-0.2, -0.15) is 43.4 Å². The Hall–Kier alpha value is -5.37. The summed E-state index contributed by atoms with van der Waals surface area (Å²) < 4.78 is 91.4. The normalized spacial score (nSPS) is 16.6. The van der Waals surface area contributed by atoms with Gasteiger partial charge in [-0.25, -0.2) is 9.59 Å². The number of nitrogens with zero attached hydrogens (tertiary/aromatic N) is 3. The Morgan fingerprint density at radius 1 is 0.721 bits per heavy atom. The highest BCUT2D eigenvalue weighted by Gasteiger charge is 2.49. The number of carbonyl (C=O) groups excluding carboxylic acids is 4. The van der Waals surface area contributed by atoms with Gasteiger partial charge in [-0.3, -0.25) is 19.2 Å². The van der Waals surface area contributed by atoms with E-state index >= 15 is 0 Å². The first kappa shape index (κ1) is 58.8. The number of alkyl halides is 6. The largest absolute Gasteiger partial charge is 0.490 e. The summed E-state index contributed by atoms with van der Waals surface area (Å²) in [5.41, 5.74) is 13.6. The second-order valence-electron chi connectivity index (χ2n) is 17.1. The van der Waals surface area contributed by atoms with Crippen molar-refractivity contribution in [1.29, 1.82) is 0 Å². The van der Waals surface area contributed by atoms with Crippen LogP contribution < -0.4 is 27.4 Å². The Morgan fingerprint density at radius 2 is 1.15 bits per heavy atom. The van der Waals surface area contributed by atoms with Crippen molar-refractivity contribution in [2.24, 2.45) is 22.8 Å². The number of carboxylic acids is 2. The molecule has 2 aliphatic rings. The molecule has 4 amide bonds. The fraction of sp³-hybridized carbons (Fsp3) is 0.581. The molecule has 4 unspecified atom stereocenters. The number of aliphatic carboxylic acids is 2. The molecule has 0 aromatic heterocycles. The van der Waals surface area contributed by atoms with Crippen molar-refractivity contribution < 1.29 is 73.7 Å². The van der Waals surface area contributed by atoms with Gasteiger partial charge in [-0.1, -0.05) is 74.5 Å². The monoisotopic (exact) mass is 996 g/mol. The quantitative estimate of drug-likeness (QED) is 0.0790. The second kappa shape index (κ2) is 26.4. The molecule has 0 aliphatic carbocycles. The molecule has 382 valence electrons. The van der Waals surface area contributed by atoms with E-state index in [0.717, 1.165) is 11.1 Å². The van der Waals surface area contributed by atoms with Crippen molar-refractivity contribution in [3.8, 4) is 0 Å². The number of halogens is 6. The van der Waals surface area contributed by atoms with E-state index in [2.05, 4.69) is 16.0 Å². The zero-order valence-corrected chi connectivity index (χ0v) is 39.0. The first-order chi connectivity index (χ1) is 31.5. The predicted molar refractivity (Wildman–Crippen MR) is 236 cm³/mol. The minimum absolute atomic E-state index is 0.0197. The Kier molecular flexibility index (Phi) is 22.8. The van der Waals surface area contributed by atoms with Crippen LogP contribution in [0.3, 0.4) is 0 Å². The maximum Gasteiger partial charge on any atom is 0.490 e. The first-order valence-corrected chi connectivity index (χ1v) is 22.9. The zero-order chi connectivity index (χ0) is 51.6. The average molecular weight is 997 g/mol. The Bertz CT molecular complexity index is 2040. The van der Waals surface area contributed by atoms with Gasteiger partial charge < -0.3 is 42.5 Å². The van der Waals surface area contributed by atoms with E-state index in [-0.39, 0.29) is 23.7 Å². The molecule has 4 rings (SSSR count). The molecule has 68 heavy (non-hydrogen) atoms. The van der Waals surface area contributed by atoms with E-state index in [1.54, 1.807) is 4.90 Å². The van der Waals surface area contributed by atoms with Crippen LogP contribution in [0.5, 0.6) is 0 Å². The van der Waals surface area contributed by atoms with Gasteiger partial charge in [0.2, 0.25) is 23.6 Å². The van der Waals surface area contributed by atoms with E-state index in [0.29, 0.717) is 77.7 Å². The minimum atomic E-state index is -5.08. The molecule has 1 spiro atoms. The third kappa shape index (κ3) is 19.3. The number of hydrogen-bond acceptors (Lipinski definition) is 10. The third-order valence-corrected chi connectivity index (χ3v) is 12.8. The van der Waals surface area contributed by atoms with Gasteiger partial charge in [0, 0.05) is 52.1 Å². The lowest BCUT2D eigenvalue weighted by molar-refractivity contribution is -0.193. The Balaban J connectivity index is 0.000000982. The van der Waals surface area contributed by atoms with Crippen LogP contribution in [0.4, 0.5) is 26.3 Å². The molecule has 2 heterocycles. The molecule has 4 atom stereocenters. The molecule has 2 saturated heterocycles. The fourth-order valence-electron chi connectivity index (χ4n) is 7.17. The summed E-state index contributed by atoms with van der Waals surface area (Å²) in [6.07, 6.45) is -6.41. The number of likely N-dealkylation sites (tertiary alicyclic amines) is 1. The molecule has 25 heteroatoms. The van der Waals surface area contributed by atoms with Gasteiger partial charge in [0.1, 0.15) is 18.1 Å². The average Bonchev–Trinajstić information content (AvgIpc) is 3.24. The summed E-state index contributed by atoms with van der Waals surface area (Å²) >= 11 is 0. The van der Waals surface area contributed by atoms with Crippen LogP contribution >= 0.6 is 0 Å². The van der Waals surface area contributed by atoms with Crippen LogP contribution in [-0.2, 0) is 51.8 Å². The van der Waals surface area contributed by atoms with Crippen molar-refractivity contribution >= 4 is 45.8 Å². The van der Waals surface area contributed by atoms with E-state index in [4.69, 9.17) is 31.3 Å². The molecule has 9 N–H and O–H groups in total. The maximum absolute atomic E-state index is 14.0. The molecule has 2 aliphatic heterocycles. The molecular formula is C43H62F6N8O10S. The van der Waals surface area contributed by atoms with Crippen LogP contribution in [0.25, 0.3) is 0 Å². The number of nitrogens with one attached hydrogen (secondary N) is 3. The number of carbonyl (C=O) groups is 6. The molecule has 0 bridgehead atoms. The van der Waals surface area contributed by atoms with Gasteiger partial charge in [0.15, 0.2) is 0 Å². The number of amides is 4. The van der Waals surface area contributed by atoms with Gasteiger partial charge in [-0.15, -0.1) is 0 Å². The lowest BCUT2D eigenvalue weighted by atomic mass is 9.72. The third-order valence-electron chi connectivity index (χ3n) is 10.9. The topological polar surface area (TPSA) is 275 Å². The number of benzene rings is 2. The van der Waals surface area contributed by atoms with Gasteiger partial charge in [0.05, 0.1) is 6.04 Å². The van der Waals surface area contributed by atoms with Crippen LogP contribution in [-0.4, -0.2) is 151 Å². The van der Waals surface area contributed by atoms with E-state index in [9.17, 15) is 53.9 Å². The summed E-state index contributed by atoms with van der Waals surface area (Å²) in [6, 6.07) is 15.0. The van der Waals surface area contributed by atoms with Crippen molar-refractivity contribution in [3.63, 3.8) is 0 Å². The van der Waals surface area contributed by atoms with Gasteiger partial charge >= 0.3 is 24.3 Å². The summed E-state index contributed by atoms with van der Waals surface area (Å²) in [6.45, 7) is 6.09. The number of rotatable bonds is 19. The lowest BCUT2D eigenvalue weighted by Gasteiger charge is -2.54. The molecule has 2 fully saturated rings. The first-order valence-electron chi connectivity index (χ1n) is 21.5. The molecule has 2 aromatic carbocycles. The van der Waals surface area contributed by atoms with Crippen molar-refractivity contribution in [2.45, 2.75) is 102 Å². The standard InChI is InChI=1S/C39H60N8O6S.2C2HF3O2/c1-28(2)23-33(44-37(50)34(25-30-15-9-6-10-16-30)43-35(48)31(41)24-29-13-7-5-8-14-29)36(49)42-32(17-11-12-20-40)38(51)46-26-39(27-46)18-21-47(22-19-39)54(52,53)45(3)4;2*3-2(4,5)1(6)7/h5-10,13-16,28,31-34H,11-12,17-27,40-41H2,1-4H3,(H,42,49)(H,43,48)(H,44,50);2*(H,6,7). The van der Waals surface area contributed by atoms with Crippen molar-refractivity contribution in [2.75, 3.05) is 46.8 Å². The Labute approximate surface area is 391 Å². The fourth-order valence-corrected chi connectivity index (χ4v) is 8.28. The number of hydrogen-bond donors (Lipinski definition) is 7. The molecule has 18 nitrogen and oxygen atoms in total. The lowest BCUT2D eigenvalue weighted by Crippen LogP contribution is -2.66. The van der Waals surface area contributed by atoms with Crippen molar-refractivity contribution in [1.82, 2.24) is 29.5 Å². The van der Waals surface area contributed by atoms with Crippen LogP contribution in [0.15, 0.2) is 60.7 Å². The molecule has 0 saturated carbocycles. The number of piperidine rings is 1. The van der Waals surface area contributed by atoms with E-state index in [1.165, 1.54) is 22.7 Å². The number of nitrogens with two attached hydrogens (primary N) is 2. The summed E-state index contributed by atoms with van der Waals surface area (Å²) in [4.78, 5) is 74.7. The number of unbranched alkanes of at least 4 members (excludes halogenated alkanes) is 1. The maximum atomic E-state index is 14.0. The summed E-state index contributed by atoms with van der Waals surface area (Å²) in [5.74, 6) is -7.19. The van der Waals surface area contributed by atoms with E-state index < -0.39 is 76.4 Å². The van der Waals surface area contributed by atoms with Crippen LogP contribution in [0.2, 0.25) is 0 Å². The van der Waals surface area contributed by atoms with Crippen LogP contribution in [0, 0.1) is 11.3 Å². The number of carboxylic acid groups (broad SMARTS) is 2. The highest BCUT2D eigenvalue weighted by molar-refractivity contribution is 7.86. The van der Waals surface area contributed by atoms with Gasteiger partial charge in [0.25, 0.3) is 10.2 Å². The SMILES string of the molecule is CC(C)CC(NC(=O)C(Cc1ccccc1)NC(=O)C(N)Cc1ccccc1)C(=O)NC(CCCCN)C(=O)N1CC2(CCN(S(=O)(=O)N(C)C)CC2)C1.O=C(O)C(F)(F)F.O=C(O)C(F)(F)F. The van der Waals surface area contributed by atoms with E-state index in [1.807, 2.05) is 74.5 Å². The predicted octanol–water partition coefficient (Wildman–Crippen LogP) is 2.43. The second-order valence-corrected chi connectivity index (χ2v) is 19.2. The molecule has 0 radical (unpaired) electrons. The molecule has 2 aromatic rings. The van der Waals surface area contributed by atoms with Crippen molar-refractivity contribution in [3.05, 3.63) is 71.8 Å². The summed E-state index contributed by atoms with van der Waals surface area (Å²) in [5, 5.41) is 22.9. The molecular weight excluding hydrogens is 935 g/mol. The Morgan fingerprint density at radius 3 is 1.57 bits per heavy atom. The smallest absolute Gasteiger partial charge is 0.475 e. The van der Waals surface area contributed by atoms with Gasteiger partial charge in [-0.05, 0) is 68.5 Å².